The van der Waals surface area contributed by atoms with Crippen LogP contribution in [0.3, 0.4) is 0 Å². The van der Waals surface area contributed by atoms with Crippen molar-refractivity contribution in [2.75, 3.05) is 27.4 Å². The van der Waals surface area contributed by atoms with Crippen molar-refractivity contribution in [1.29, 1.82) is 0 Å². The fourth-order valence-corrected chi connectivity index (χ4v) is 10.2. The minimum atomic E-state index is -3.82. The molecular formula is C40H53N3O10S. The summed E-state index contributed by atoms with van der Waals surface area (Å²) in [6.45, 7) is 0.347. The molecular weight excluding hydrogens is 715 g/mol. The topological polar surface area (TPSA) is 167 Å². The van der Waals surface area contributed by atoms with E-state index >= 15 is 0 Å². The second kappa shape index (κ2) is 16.0. The Bertz CT molecular complexity index is 1880. The number of aryl methyl sites for hydroxylation is 1. The van der Waals surface area contributed by atoms with Crippen LogP contribution in [0.5, 0.6) is 17.4 Å². The molecule has 2 aliphatic carbocycles. The van der Waals surface area contributed by atoms with E-state index in [2.05, 4.69) is 9.71 Å². The van der Waals surface area contributed by atoms with Crippen molar-refractivity contribution < 1.29 is 46.5 Å². The number of hydrogen-bond donors (Lipinski definition) is 1. The quantitative estimate of drug-likeness (QED) is 0.398. The molecule has 5 atom stereocenters. The smallest absolute Gasteiger partial charge is 0.306 e. The summed E-state index contributed by atoms with van der Waals surface area (Å²) in [5.74, 6) is -0.935. The summed E-state index contributed by atoms with van der Waals surface area (Å²) in [6.07, 6.45) is 9.39. The van der Waals surface area contributed by atoms with Crippen LogP contribution in [0.25, 0.3) is 10.9 Å². The molecule has 3 aliphatic heterocycles. The molecule has 54 heavy (non-hydrogen) atoms. The molecule has 1 N–H and O–H groups in total. The molecule has 14 heteroatoms. The van der Waals surface area contributed by atoms with E-state index in [9.17, 15) is 27.6 Å². The number of nitrogens with one attached hydrogen (secondary N) is 1. The van der Waals surface area contributed by atoms with Crippen molar-refractivity contribution in [3.8, 4) is 17.4 Å². The molecule has 2 saturated heterocycles. The van der Waals surface area contributed by atoms with Crippen LogP contribution < -0.4 is 18.9 Å². The minimum absolute atomic E-state index is 0.0842. The summed E-state index contributed by atoms with van der Waals surface area (Å²) < 4.78 is 51.7. The highest BCUT2D eigenvalue weighted by Gasteiger charge is 2.62. The second-order valence-electron chi connectivity index (χ2n) is 16.0. The highest BCUT2D eigenvalue weighted by Crippen LogP contribution is 2.59. The fraction of sp³-hybridized carbons (Fsp3) is 0.675. The molecule has 4 fully saturated rings. The van der Waals surface area contributed by atoms with Crippen LogP contribution >= 0.6 is 0 Å². The van der Waals surface area contributed by atoms with Gasteiger partial charge in [-0.1, -0.05) is 32.1 Å². The van der Waals surface area contributed by atoms with Crippen molar-refractivity contribution in [1.82, 2.24) is 14.6 Å². The Balaban J connectivity index is 1.24. The highest BCUT2D eigenvalue weighted by molar-refractivity contribution is 7.90. The molecule has 294 valence electrons. The Morgan fingerprint density at radius 2 is 1.70 bits per heavy atom. The van der Waals surface area contributed by atoms with Crippen molar-refractivity contribution >= 4 is 44.5 Å². The van der Waals surface area contributed by atoms with E-state index in [4.69, 9.17) is 18.9 Å². The molecule has 4 heterocycles. The van der Waals surface area contributed by atoms with Crippen LogP contribution in [0.1, 0.15) is 108 Å². The van der Waals surface area contributed by atoms with Gasteiger partial charge in [-0.2, -0.15) is 0 Å². The largest absolute Gasteiger partial charge is 0.496 e. The number of pyridine rings is 1. The summed E-state index contributed by atoms with van der Waals surface area (Å²) in [5, 5.41) is 0.172. The number of ketones is 1. The average Bonchev–Trinajstić information content (AvgIpc) is 4.08. The van der Waals surface area contributed by atoms with Crippen molar-refractivity contribution in [2.24, 2.45) is 17.3 Å². The number of aromatic nitrogens is 1. The molecule has 0 radical (unpaired) electrons. The zero-order valence-corrected chi connectivity index (χ0v) is 32.3. The number of benzene rings is 1. The van der Waals surface area contributed by atoms with Crippen LogP contribution in [0.4, 0.5) is 0 Å². The van der Waals surface area contributed by atoms with Gasteiger partial charge < -0.3 is 23.8 Å². The Kier molecular flexibility index (Phi) is 11.4. The van der Waals surface area contributed by atoms with Crippen molar-refractivity contribution in [2.45, 2.75) is 127 Å². The molecule has 2 amide bonds. The predicted octanol–water partition coefficient (Wildman–Crippen LogP) is 5.19. The molecule has 2 saturated carbocycles. The third-order valence-electron chi connectivity index (χ3n) is 12.2. The summed E-state index contributed by atoms with van der Waals surface area (Å²) in [4.78, 5) is 62.4. The first-order valence-electron chi connectivity index (χ1n) is 19.8. The zero-order valence-electron chi connectivity index (χ0n) is 31.4. The van der Waals surface area contributed by atoms with E-state index in [1.807, 2.05) is 12.1 Å². The number of fused-ring (bicyclic) bond motifs is 4. The van der Waals surface area contributed by atoms with Crippen molar-refractivity contribution in [3.05, 3.63) is 23.8 Å². The van der Waals surface area contributed by atoms with Gasteiger partial charge in [-0.3, -0.25) is 23.9 Å². The summed E-state index contributed by atoms with van der Waals surface area (Å²) in [5.41, 5.74) is 0.436. The van der Waals surface area contributed by atoms with E-state index in [0.717, 1.165) is 68.7 Å². The number of esters is 1. The molecule has 1 aromatic carbocycles. The van der Waals surface area contributed by atoms with Gasteiger partial charge in [0.25, 0.3) is 0 Å². The third-order valence-corrected chi connectivity index (χ3v) is 14.0. The molecule has 0 unspecified atom stereocenters. The maximum atomic E-state index is 14.6. The lowest BCUT2D eigenvalue weighted by Crippen LogP contribution is -2.46. The summed E-state index contributed by atoms with van der Waals surface area (Å²) in [7, 11) is -0.679. The van der Waals surface area contributed by atoms with E-state index in [1.165, 1.54) is 7.11 Å². The average molecular weight is 768 g/mol. The number of carbonyl (C=O) groups is 4. The molecule has 13 nitrogen and oxygen atoms in total. The standard InChI is InChI=1S/C40H53N3O10S/c1-50-34-20-31-30-17-25(34)11-8-6-10-16-52-37(45)18-26-12-7-4-3-5-9-13-27-22-40(27,39(47)42-54(48,49)29-14-15-29)23-33(44)32-19-28(24-43(32)38(26)46)53-35(30)21-36(41-31)51-2/h17,20-21,26-29,32H,3-16,18-19,22-24H2,1-2H3,(H,42,47)/t26-,27-,28-,32+,40-/m1/s1. The maximum Gasteiger partial charge on any atom is 0.306 e. The number of rotatable bonds is 5. The SMILES string of the molecule is COc1cc2c3cc(c(OC)cc3n1)CCCCCOC(=O)C[C@H]1CCCCCCC[C@@H]3C[C@@]3(C(=O)NS(=O)(=O)C3CC3)CC(=O)[C@@H]3C[C@H](CN3C1=O)O2. The van der Waals surface area contributed by atoms with Crippen LogP contribution in [0, 0.1) is 17.3 Å². The molecule has 7 rings (SSSR count). The first-order chi connectivity index (χ1) is 26.0. The van der Waals surface area contributed by atoms with Gasteiger partial charge in [0.15, 0.2) is 5.78 Å². The normalized spacial score (nSPS) is 28.9. The Hall–Kier alpha value is -3.94. The van der Waals surface area contributed by atoms with Crippen LogP contribution in [0.2, 0.25) is 0 Å². The summed E-state index contributed by atoms with van der Waals surface area (Å²) in [6, 6.07) is 4.65. The van der Waals surface area contributed by atoms with E-state index in [0.29, 0.717) is 55.0 Å². The number of cyclic esters (lactones) is 1. The Labute approximate surface area is 317 Å². The van der Waals surface area contributed by atoms with Gasteiger partial charge in [-0.15, -0.1) is 0 Å². The molecule has 5 aliphatic rings. The number of hydrogen-bond acceptors (Lipinski definition) is 11. The van der Waals surface area contributed by atoms with Gasteiger partial charge in [-0.25, -0.2) is 13.4 Å². The Morgan fingerprint density at radius 1 is 0.944 bits per heavy atom. The van der Waals surface area contributed by atoms with Gasteiger partial charge in [0.2, 0.25) is 27.7 Å². The number of nitrogens with zero attached hydrogens (tertiary/aromatic N) is 2. The lowest BCUT2D eigenvalue weighted by Gasteiger charge is -2.29. The van der Waals surface area contributed by atoms with Gasteiger partial charge >= 0.3 is 5.97 Å². The van der Waals surface area contributed by atoms with Gasteiger partial charge in [0.05, 0.1) is 56.0 Å². The number of Topliss-reactive ketones (excluding diaryl/α,β-unsaturated/α-hetero) is 1. The lowest BCUT2D eigenvalue weighted by molar-refractivity contribution is -0.150. The molecule has 0 spiro atoms. The molecule has 5 bridgehead atoms. The minimum Gasteiger partial charge on any atom is -0.496 e. The van der Waals surface area contributed by atoms with Crippen LogP contribution in [0.15, 0.2) is 18.2 Å². The number of sulfonamides is 1. The van der Waals surface area contributed by atoms with E-state index in [-0.39, 0.29) is 50.0 Å². The second-order valence-corrected chi connectivity index (χ2v) is 17.9. The zero-order chi connectivity index (χ0) is 38.0. The maximum absolute atomic E-state index is 14.6. The lowest BCUT2D eigenvalue weighted by atomic mass is 9.90. The molecule has 1 aromatic heterocycles. The summed E-state index contributed by atoms with van der Waals surface area (Å²) >= 11 is 0. The number of amides is 2. The monoisotopic (exact) mass is 767 g/mol. The first-order valence-corrected chi connectivity index (χ1v) is 21.3. The highest BCUT2D eigenvalue weighted by atomic mass is 32.2. The predicted molar refractivity (Wildman–Crippen MR) is 199 cm³/mol. The van der Waals surface area contributed by atoms with E-state index < -0.39 is 50.6 Å². The first kappa shape index (κ1) is 38.3. The third kappa shape index (κ3) is 8.33. The van der Waals surface area contributed by atoms with Gasteiger partial charge in [0, 0.05) is 36.3 Å². The number of ether oxygens (including phenoxy) is 4. The molecule has 2 aromatic rings. The Morgan fingerprint density at radius 3 is 2.46 bits per heavy atom. The van der Waals surface area contributed by atoms with E-state index in [1.54, 1.807) is 18.1 Å². The fourth-order valence-electron chi connectivity index (χ4n) is 8.80. The van der Waals surface area contributed by atoms with Crippen molar-refractivity contribution in [3.63, 3.8) is 0 Å². The van der Waals surface area contributed by atoms with Crippen LogP contribution in [-0.4, -0.2) is 86.6 Å². The van der Waals surface area contributed by atoms with Gasteiger partial charge in [0.1, 0.15) is 17.6 Å². The number of methoxy groups -OCH3 is 2. The number of carbonyl (C=O) groups excluding carboxylic acids is 4. The van der Waals surface area contributed by atoms with Crippen LogP contribution in [-0.2, 0) is 40.4 Å². The van der Waals surface area contributed by atoms with Gasteiger partial charge in [-0.05, 0) is 75.3 Å².